The predicted molar refractivity (Wildman–Crippen MR) is 98.9 cm³/mol. The van der Waals surface area contributed by atoms with Gasteiger partial charge in [-0.05, 0) is 37.0 Å². The molecular formula is C18H19ClFN3O2S. The largest absolute Gasteiger partial charge is 0.392 e. The Bertz CT molecular complexity index is 827. The quantitative estimate of drug-likeness (QED) is 0.813. The molecule has 26 heavy (non-hydrogen) atoms. The van der Waals surface area contributed by atoms with E-state index >= 15 is 0 Å². The number of anilines is 1. The number of aliphatic hydroxyl groups is 1. The zero-order valence-corrected chi connectivity index (χ0v) is 15.6. The molecule has 1 aromatic heterocycles. The third kappa shape index (κ3) is 3.76. The second-order valence-corrected chi connectivity index (χ2v) is 8.31. The minimum absolute atomic E-state index is 0.0128. The highest BCUT2D eigenvalue weighted by Crippen LogP contribution is 2.39. The lowest BCUT2D eigenvalue weighted by Crippen LogP contribution is -2.28. The molecule has 4 rings (SSSR count). The van der Waals surface area contributed by atoms with E-state index in [9.17, 15) is 14.3 Å². The third-order valence-electron chi connectivity index (χ3n) is 4.79. The van der Waals surface area contributed by atoms with E-state index in [1.54, 1.807) is 12.3 Å². The number of carbonyl (C=O) groups is 1. The van der Waals surface area contributed by atoms with Crippen LogP contribution in [-0.2, 0) is 4.79 Å². The maximum absolute atomic E-state index is 13.5. The Morgan fingerprint density at radius 1 is 1.42 bits per heavy atom. The molecule has 0 bridgehead atoms. The van der Waals surface area contributed by atoms with Crippen LogP contribution in [-0.4, -0.2) is 40.1 Å². The zero-order chi connectivity index (χ0) is 18.3. The van der Waals surface area contributed by atoms with Crippen LogP contribution in [0.2, 0.25) is 5.02 Å². The molecule has 2 N–H and O–H groups in total. The number of amides is 1. The van der Waals surface area contributed by atoms with Crippen molar-refractivity contribution in [3.8, 4) is 0 Å². The number of halogens is 2. The monoisotopic (exact) mass is 395 g/mol. The molecule has 1 saturated heterocycles. The molecule has 2 aromatic rings. The summed E-state index contributed by atoms with van der Waals surface area (Å²) in [5.74, 6) is -0.266. The highest BCUT2D eigenvalue weighted by molar-refractivity contribution is 7.15. The molecule has 1 saturated carbocycles. The highest BCUT2D eigenvalue weighted by Gasteiger charge is 2.33. The van der Waals surface area contributed by atoms with Gasteiger partial charge < -0.3 is 10.4 Å². The first kappa shape index (κ1) is 17.9. The molecule has 2 fully saturated rings. The summed E-state index contributed by atoms with van der Waals surface area (Å²) in [5, 5.41) is 13.7. The first-order valence-electron chi connectivity index (χ1n) is 8.65. The van der Waals surface area contributed by atoms with Crippen molar-refractivity contribution in [2.45, 2.75) is 31.4 Å². The van der Waals surface area contributed by atoms with Crippen LogP contribution in [0.5, 0.6) is 0 Å². The van der Waals surface area contributed by atoms with Gasteiger partial charge in [-0.1, -0.05) is 29.0 Å². The van der Waals surface area contributed by atoms with E-state index in [0.717, 1.165) is 23.3 Å². The van der Waals surface area contributed by atoms with Crippen molar-refractivity contribution in [3.63, 3.8) is 0 Å². The van der Waals surface area contributed by atoms with Gasteiger partial charge in [0.2, 0.25) is 5.91 Å². The van der Waals surface area contributed by atoms with E-state index in [0.29, 0.717) is 29.7 Å². The zero-order valence-electron chi connectivity index (χ0n) is 14.0. The molecule has 1 aromatic carbocycles. The normalized spacial score (nSPS) is 21.7. The average Bonchev–Trinajstić information content (AvgIpc) is 3.22. The van der Waals surface area contributed by atoms with Crippen molar-refractivity contribution >= 4 is 34.0 Å². The standard InChI is InChI=1S/C18H19ClFN3O2S/c19-14-7-11(20)3-4-13(14)16(23-6-5-12(24)9-23)15-8-21-18(26-15)22-17(25)10-1-2-10/h3-4,7-8,10,12,16,24H,1-2,5-6,9H2,(H,21,22,25)/t12-,16+/m1/s1. The SMILES string of the molecule is O=C(Nc1ncc([C@H](c2ccc(F)cc2Cl)N2CC[C@@H](O)C2)s1)C1CC1. The number of hydrogen-bond donors (Lipinski definition) is 2. The first-order chi connectivity index (χ1) is 12.5. The van der Waals surface area contributed by atoms with Gasteiger partial charge in [0.25, 0.3) is 0 Å². The number of hydrogen-bond acceptors (Lipinski definition) is 5. The Balaban J connectivity index is 1.64. The van der Waals surface area contributed by atoms with Gasteiger partial charge in [0.1, 0.15) is 5.82 Å². The fraction of sp³-hybridized carbons (Fsp3) is 0.444. The van der Waals surface area contributed by atoms with Crippen LogP contribution in [0, 0.1) is 11.7 Å². The lowest BCUT2D eigenvalue weighted by Gasteiger charge is -2.27. The molecule has 2 aliphatic rings. The maximum atomic E-state index is 13.5. The number of thiazole rings is 1. The van der Waals surface area contributed by atoms with Crippen LogP contribution in [0.3, 0.4) is 0 Å². The van der Waals surface area contributed by atoms with Crippen molar-refractivity contribution in [2.24, 2.45) is 5.92 Å². The summed E-state index contributed by atoms with van der Waals surface area (Å²) in [6.45, 7) is 1.22. The van der Waals surface area contributed by atoms with Gasteiger partial charge in [0, 0.05) is 35.1 Å². The molecule has 0 radical (unpaired) electrons. The van der Waals surface area contributed by atoms with Gasteiger partial charge in [-0.2, -0.15) is 0 Å². The number of likely N-dealkylation sites (tertiary alicyclic amines) is 1. The Morgan fingerprint density at radius 2 is 2.23 bits per heavy atom. The maximum Gasteiger partial charge on any atom is 0.229 e. The van der Waals surface area contributed by atoms with E-state index in [1.165, 1.54) is 23.5 Å². The molecule has 5 nitrogen and oxygen atoms in total. The van der Waals surface area contributed by atoms with Gasteiger partial charge in [0.05, 0.1) is 12.1 Å². The Kier molecular flexibility index (Phi) is 4.96. The van der Waals surface area contributed by atoms with E-state index < -0.39 is 6.10 Å². The first-order valence-corrected chi connectivity index (χ1v) is 9.84. The molecule has 2 atom stereocenters. The summed E-state index contributed by atoms with van der Waals surface area (Å²) in [6, 6.07) is 4.13. The molecule has 0 unspecified atom stereocenters. The van der Waals surface area contributed by atoms with Crippen LogP contribution < -0.4 is 5.32 Å². The van der Waals surface area contributed by atoms with E-state index in [2.05, 4.69) is 15.2 Å². The van der Waals surface area contributed by atoms with E-state index in [4.69, 9.17) is 11.6 Å². The van der Waals surface area contributed by atoms with Crippen molar-refractivity contribution in [1.29, 1.82) is 0 Å². The smallest absolute Gasteiger partial charge is 0.229 e. The number of aromatic nitrogens is 1. The van der Waals surface area contributed by atoms with Crippen molar-refractivity contribution in [1.82, 2.24) is 9.88 Å². The average molecular weight is 396 g/mol. The summed E-state index contributed by atoms with van der Waals surface area (Å²) in [6.07, 6.45) is 3.88. The summed E-state index contributed by atoms with van der Waals surface area (Å²) < 4.78 is 13.5. The fourth-order valence-electron chi connectivity index (χ4n) is 3.28. The number of nitrogens with zero attached hydrogens (tertiary/aromatic N) is 2. The molecule has 1 amide bonds. The minimum Gasteiger partial charge on any atom is -0.392 e. The number of carbonyl (C=O) groups excluding carboxylic acids is 1. The van der Waals surface area contributed by atoms with Crippen molar-refractivity contribution < 1.29 is 14.3 Å². The molecule has 2 heterocycles. The Morgan fingerprint density at radius 3 is 2.88 bits per heavy atom. The third-order valence-corrected chi connectivity index (χ3v) is 6.08. The predicted octanol–water partition coefficient (Wildman–Crippen LogP) is 3.44. The van der Waals surface area contributed by atoms with Gasteiger partial charge in [-0.25, -0.2) is 9.37 Å². The summed E-state index contributed by atoms with van der Waals surface area (Å²) >= 11 is 7.71. The highest BCUT2D eigenvalue weighted by atomic mass is 35.5. The molecule has 0 spiro atoms. The van der Waals surface area contributed by atoms with Gasteiger partial charge in [0.15, 0.2) is 5.13 Å². The lowest BCUT2D eigenvalue weighted by molar-refractivity contribution is -0.117. The summed E-state index contributed by atoms with van der Waals surface area (Å²) in [4.78, 5) is 19.3. The number of benzene rings is 1. The van der Waals surface area contributed by atoms with Crippen LogP contribution in [0.25, 0.3) is 0 Å². The summed E-state index contributed by atoms with van der Waals surface area (Å²) in [7, 11) is 0. The molecule has 1 aliphatic carbocycles. The summed E-state index contributed by atoms with van der Waals surface area (Å²) in [5.41, 5.74) is 0.769. The Hall–Kier alpha value is -1.54. The van der Waals surface area contributed by atoms with Gasteiger partial charge >= 0.3 is 0 Å². The van der Waals surface area contributed by atoms with Gasteiger partial charge in [-0.15, -0.1) is 0 Å². The van der Waals surface area contributed by atoms with Crippen LogP contribution in [0.1, 0.15) is 35.7 Å². The molecule has 8 heteroatoms. The molecule has 138 valence electrons. The number of β-amino-alcohol motifs (C(OH)–C–C–N with tert-alkyl or cyclic N) is 1. The van der Waals surface area contributed by atoms with E-state index in [-0.39, 0.29) is 23.7 Å². The van der Waals surface area contributed by atoms with Crippen LogP contribution >= 0.6 is 22.9 Å². The minimum atomic E-state index is -0.390. The topological polar surface area (TPSA) is 65.5 Å². The lowest BCUT2D eigenvalue weighted by atomic mass is 10.0. The molecular weight excluding hydrogens is 377 g/mol. The van der Waals surface area contributed by atoms with E-state index in [1.807, 2.05) is 0 Å². The number of nitrogens with one attached hydrogen (secondary N) is 1. The van der Waals surface area contributed by atoms with Gasteiger partial charge in [-0.3, -0.25) is 9.69 Å². The second kappa shape index (κ2) is 7.23. The van der Waals surface area contributed by atoms with Crippen molar-refractivity contribution in [3.05, 3.63) is 45.7 Å². The number of aliphatic hydroxyl groups excluding tert-OH is 1. The second-order valence-electron chi connectivity index (χ2n) is 6.84. The Labute approximate surface area is 159 Å². The molecule has 1 aliphatic heterocycles. The van der Waals surface area contributed by atoms with Crippen LogP contribution in [0.4, 0.5) is 9.52 Å². The number of rotatable bonds is 5. The van der Waals surface area contributed by atoms with Crippen LogP contribution in [0.15, 0.2) is 24.4 Å². The fourth-order valence-corrected chi connectivity index (χ4v) is 4.52. The van der Waals surface area contributed by atoms with Crippen molar-refractivity contribution in [2.75, 3.05) is 18.4 Å².